The fourth-order valence-corrected chi connectivity index (χ4v) is 4.90. The number of hydrogen-bond acceptors (Lipinski definition) is 5. The molecule has 7 heteroatoms. The van der Waals surface area contributed by atoms with Crippen molar-refractivity contribution in [1.82, 2.24) is 4.90 Å². The van der Waals surface area contributed by atoms with Crippen molar-refractivity contribution in [1.29, 1.82) is 0 Å². The van der Waals surface area contributed by atoms with Crippen molar-refractivity contribution in [2.45, 2.75) is 50.6 Å². The van der Waals surface area contributed by atoms with Crippen LogP contribution in [0.5, 0.6) is 0 Å². The molecule has 2 aliphatic heterocycles. The Morgan fingerprint density at radius 1 is 1.17 bits per heavy atom. The maximum atomic E-state index is 13.5. The van der Waals surface area contributed by atoms with Gasteiger partial charge in [0.2, 0.25) is 11.6 Å². The Morgan fingerprint density at radius 3 is 2.69 bits per heavy atom. The minimum Gasteiger partial charge on any atom is -0.462 e. The van der Waals surface area contributed by atoms with Gasteiger partial charge < -0.3 is 14.4 Å². The number of anilines is 1. The van der Waals surface area contributed by atoms with Crippen LogP contribution < -0.4 is 4.90 Å². The molecule has 156 valence electrons. The van der Waals surface area contributed by atoms with Crippen LogP contribution in [0.2, 0.25) is 0 Å². The van der Waals surface area contributed by atoms with Crippen LogP contribution in [-0.4, -0.2) is 55.2 Å². The first-order valence-electron chi connectivity index (χ1n) is 10.5. The van der Waals surface area contributed by atoms with Crippen molar-refractivity contribution >= 4 is 23.5 Å². The van der Waals surface area contributed by atoms with Gasteiger partial charge in [0.1, 0.15) is 0 Å². The summed E-state index contributed by atoms with van der Waals surface area (Å²) in [6, 6.07) is 6.97. The van der Waals surface area contributed by atoms with Crippen LogP contribution in [0.15, 0.2) is 24.3 Å². The third-order valence-electron chi connectivity index (χ3n) is 6.39. The molecule has 2 fully saturated rings. The molecule has 1 aliphatic carbocycles. The number of para-hydroxylation sites is 1. The molecule has 1 aromatic carbocycles. The van der Waals surface area contributed by atoms with E-state index >= 15 is 0 Å². The standard InChI is InChI=1S/C22H28N2O5/c1-28-14-13-23-20(26)17-9-5-6-10-18(17)24-19(25)11-12-22(23,24)21(27)29-15-16-7-3-2-4-8-16/h5-6,9-10,16H,2-4,7-8,11-15H2,1H3. The smallest absolute Gasteiger partial charge is 0.353 e. The van der Waals surface area contributed by atoms with Gasteiger partial charge in [0.05, 0.1) is 24.5 Å². The van der Waals surface area contributed by atoms with Gasteiger partial charge in [0.15, 0.2) is 0 Å². The van der Waals surface area contributed by atoms with Gasteiger partial charge >= 0.3 is 5.97 Å². The quantitative estimate of drug-likeness (QED) is 0.687. The molecule has 0 aromatic heterocycles. The van der Waals surface area contributed by atoms with Gasteiger partial charge in [-0.3, -0.25) is 14.5 Å². The number of carbonyl (C=O) groups is 3. The van der Waals surface area contributed by atoms with E-state index in [2.05, 4.69) is 0 Å². The molecule has 3 aliphatic rings. The van der Waals surface area contributed by atoms with Crippen LogP contribution in [0.3, 0.4) is 0 Å². The van der Waals surface area contributed by atoms with Crippen molar-refractivity contribution in [3.8, 4) is 0 Å². The average Bonchev–Trinajstić information content (AvgIpc) is 3.11. The summed E-state index contributed by atoms with van der Waals surface area (Å²) in [6.07, 6.45) is 6.08. The van der Waals surface area contributed by atoms with E-state index in [9.17, 15) is 14.4 Å². The van der Waals surface area contributed by atoms with E-state index in [0.29, 0.717) is 23.8 Å². The van der Waals surface area contributed by atoms with E-state index in [1.807, 2.05) is 0 Å². The van der Waals surface area contributed by atoms with Crippen molar-refractivity contribution in [3.63, 3.8) is 0 Å². The van der Waals surface area contributed by atoms with Crippen molar-refractivity contribution in [3.05, 3.63) is 29.8 Å². The molecule has 0 radical (unpaired) electrons. The molecule has 4 rings (SSSR count). The number of methoxy groups -OCH3 is 1. The number of rotatable bonds is 6. The summed E-state index contributed by atoms with van der Waals surface area (Å²) < 4.78 is 11.0. The predicted octanol–water partition coefficient (Wildman–Crippen LogP) is 2.74. The van der Waals surface area contributed by atoms with Crippen LogP contribution >= 0.6 is 0 Å². The second-order valence-electron chi connectivity index (χ2n) is 8.11. The molecule has 29 heavy (non-hydrogen) atoms. The SMILES string of the molecule is COCCN1C(=O)c2ccccc2N2C(=O)CCC12C(=O)OCC1CCCCC1. The lowest BCUT2D eigenvalue weighted by Gasteiger charge is -2.48. The molecule has 1 aromatic rings. The van der Waals surface area contributed by atoms with Crippen molar-refractivity contribution < 1.29 is 23.9 Å². The lowest BCUT2D eigenvalue weighted by Crippen LogP contribution is -2.69. The van der Waals surface area contributed by atoms with Gasteiger partial charge in [-0.15, -0.1) is 0 Å². The normalized spacial score (nSPS) is 24.4. The first-order chi connectivity index (χ1) is 14.1. The molecule has 1 unspecified atom stereocenters. The summed E-state index contributed by atoms with van der Waals surface area (Å²) >= 11 is 0. The van der Waals surface area contributed by atoms with Crippen LogP contribution in [0.1, 0.15) is 55.3 Å². The molecule has 1 saturated carbocycles. The van der Waals surface area contributed by atoms with Gasteiger partial charge in [-0.1, -0.05) is 31.4 Å². The van der Waals surface area contributed by atoms with Crippen molar-refractivity contribution in [2.75, 3.05) is 31.8 Å². The third kappa shape index (κ3) is 3.31. The molecule has 1 saturated heterocycles. The highest BCUT2D eigenvalue weighted by Gasteiger charge is 2.61. The Morgan fingerprint density at radius 2 is 1.93 bits per heavy atom. The van der Waals surface area contributed by atoms with Gasteiger partial charge in [0.25, 0.3) is 5.91 Å². The number of fused-ring (bicyclic) bond motifs is 3. The van der Waals surface area contributed by atoms with Gasteiger partial charge in [0, 0.05) is 26.5 Å². The summed E-state index contributed by atoms with van der Waals surface area (Å²) in [4.78, 5) is 42.6. The molecular weight excluding hydrogens is 372 g/mol. The maximum absolute atomic E-state index is 13.5. The zero-order valence-electron chi connectivity index (χ0n) is 16.9. The lowest BCUT2D eigenvalue weighted by atomic mass is 9.90. The number of esters is 1. The number of benzene rings is 1. The number of hydrogen-bond donors (Lipinski definition) is 0. The van der Waals surface area contributed by atoms with E-state index < -0.39 is 11.6 Å². The Labute approximate surface area is 170 Å². The number of nitrogens with zero attached hydrogens (tertiary/aromatic N) is 2. The molecule has 2 amide bonds. The summed E-state index contributed by atoms with van der Waals surface area (Å²) in [5, 5.41) is 0. The van der Waals surface area contributed by atoms with Crippen molar-refractivity contribution in [2.24, 2.45) is 5.92 Å². The zero-order chi connectivity index (χ0) is 20.4. The van der Waals surface area contributed by atoms with Gasteiger partial charge in [-0.05, 0) is 30.9 Å². The van der Waals surface area contributed by atoms with E-state index in [-0.39, 0.29) is 37.8 Å². The Bertz CT molecular complexity index is 804. The highest BCUT2D eigenvalue weighted by molar-refractivity contribution is 6.15. The Hall–Kier alpha value is -2.41. The molecule has 0 N–H and O–H groups in total. The molecule has 2 heterocycles. The fraction of sp³-hybridized carbons (Fsp3) is 0.591. The maximum Gasteiger partial charge on any atom is 0.353 e. The highest BCUT2D eigenvalue weighted by atomic mass is 16.5. The average molecular weight is 400 g/mol. The summed E-state index contributed by atoms with van der Waals surface area (Å²) in [6.45, 7) is 0.830. The highest BCUT2D eigenvalue weighted by Crippen LogP contribution is 2.45. The molecule has 0 bridgehead atoms. The second-order valence-corrected chi connectivity index (χ2v) is 8.11. The monoisotopic (exact) mass is 400 g/mol. The van der Waals surface area contributed by atoms with E-state index in [1.54, 1.807) is 31.4 Å². The lowest BCUT2D eigenvalue weighted by molar-refractivity contribution is -0.159. The predicted molar refractivity (Wildman–Crippen MR) is 106 cm³/mol. The summed E-state index contributed by atoms with van der Waals surface area (Å²) in [5.41, 5.74) is -0.506. The van der Waals surface area contributed by atoms with Crippen LogP contribution in [-0.2, 0) is 19.1 Å². The largest absolute Gasteiger partial charge is 0.462 e. The minimum atomic E-state index is -1.42. The summed E-state index contributed by atoms with van der Waals surface area (Å²) in [7, 11) is 1.55. The topological polar surface area (TPSA) is 76.2 Å². The molecule has 1 atom stereocenters. The van der Waals surface area contributed by atoms with Crippen LogP contribution in [0.4, 0.5) is 5.69 Å². The number of ether oxygens (including phenoxy) is 2. The summed E-state index contributed by atoms with van der Waals surface area (Å²) in [5.74, 6) is -0.582. The van der Waals surface area contributed by atoms with Gasteiger partial charge in [-0.25, -0.2) is 4.79 Å². The Kier molecular flexibility index (Phi) is 5.58. The Balaban J connectivity index is 1.69. The number of amides is 2. The fourth-order valence-electron chi connectivity index (χ4n) is 4.90. The van der Waals surface area contributed by atoms with Crippen LogP contribution in [0, 0.1) is 5.92 Å². The molecule has 7 nitrogen and oxygen atoms in total. The van der Waals surface area contributed by atoms with E-state index in [0.717, 1.165) is 25.7 Å². The second kappa shape index (κ2) is 8.14. The zero-order valence-corrected chi connectivity index (χ0v) is 16.9. The third-order valence-corrected chi connectivity index (χ3v) is 6.39. The molecular formula is C22H28N2O5. The molecule has 0 spiro atoms. The first-order valence-corrected chi connectivity index (χ1v) is 10.5. The van der Waals surface area contributed by atoms with Crippen LogP contribution in [0.25, 0.3) is 0 Å². The van der Waals surface area contributed by atoms with Gasteiger partial charge in [-0.2, -0.15) is 0 Å². The number of carbonyl (C=O) groups excluding carboxylic acids is 3. The van der Waals surface area contributed by atoms with E-state index in [4.69, 9.17) is 9.47 Å². The van der Waals surface area contributed by atoms with E-state index in [1.165, 1.54) is 16.2 Å². The minimum absolute atomic E-state index is 0.165. The first kappa shape index (κ1) is 19.9.